The minimum absolute atomic E-state index is 0.599. The summed E-state index contributed by atoms with van der Waals surface area (Å²) in [4.78, 5) is 20.5. The van der Waals surface area contributed by atoms with E-state index >= 15 is 0 Å². The second-order valence-electron chi connectivity index (χ2n) is 15.5. The van der Waals surface area contributed by atoms with Gasteiger partial charge in [0.05, 0.1) is 0 Å². The van der Waals surface area contributed by atoms with Crippen LogP contribution in [0.2, 0.25) is 0 Å². The van der Waals surface area contributed by atoms with E-state index in [2.05, 4.69) is 158 Å². The van der Waals surface area contributed by atoms with Crippen molar-refractivity contribution >= 4 is 54.2 Å². The summed E-state index contributed by atoms with van der Waals surface area (Å²) in [5, 5.41) is 8.81. The van der Waals surface area contributed by atoms with Gasteiger partial charge < -0.3 is 4.42 Å². The molecule has 5 nitrogen and oxygen atoms in total. The molecule has 5 heteroatoms. The van der Waals surface area contributed by atoms with Crippen molar-refractivity contribution in [3.63, 3.8) is 0 Å². The van der Waals surface area contributed by atoms with Crippen LogP contribution in [-0.2, 0) is 0 Å². The Morgan fingerprint density at radius 2 is 0.705 bits per heavy atom. The fourth-order valence-corrected chi connectivity index (χ4v) is 8.58. The lowest BCUT2D eigenvalue weighted by atomic mass is 9.94. The second kappa shape index (κ2) is 14.2. The molecule has 284 valence electrons. The number of nitrogens with zero attached hydrogens (tertiary/aromatic N) is 4. The van der Waals surface area contributed by atoms with Crippen LogP contribution in [0.1, 0.15) is 0 Å². The molecule has 0 N–H and O–H groups in total. The summed E-state index contributed by atoms with van der Waals surface area (Å²) in [6.45, 7) is 0. The first kappa shape index (κ1) is 34.7. The number of hydrogen-bond acceptors (Lipinski definition) is 5. The molecule has 0 spiro atoms. The van der Waals surface area contributed by atoms with Gasteiger partial charge in [-0.25, -0.2) is 19.9 Å². The average molecular weight is 779 g/mol. The van der Waals surface area contributed by atoms with Crippen LogP contribution in [0.4, 0.5) is 0 Å². The predicted octanol–water partition coefficient (Wildman–Crippen LogP) is 14.6. The van der Waals surface area contributed by atoms with E-state index < -0.39 is 0 Å². The summed E-state index contributed by atoms with van der Waals surface area (Å²) in [5.74, 6) is 2.43. The van der Waals surface area contributed by atoms with Gasteiger partial charge in [0.1, 0.15) is 5.52 Å². The summed E-state index contributed by atoms with van der Waals surface area (Å²) < 4.78 is 6.62. The third-order valence-corrected chi connectivity index (χ3v) is 11.7. The molecule has 0 bridgehead atoms. The van der Waals surface area contributed by atoms with E-state index in [0.717, 1.165) is 87.6 Å². The van der Waals surface area contributed by atoms with Crippen LogP contribution in [0.3, 0.4) is 0 Å². The van der Waals surface area contributed by atoms with E-state index in [1.807, 2.05) is 48.5 Å². The summed E-state index contributed by atoms with van der Waals surface area (Å²) in [7, 11) is 0. The van der Waals surface area contributed by atoms with Gasteiger partial charge in [-0.1, -0.05) is 170 Å². The maximum Gasteiger partial charge on any atom is 0.227 e. The molecule has 0 aliphatic heterocycles. The largest absolute Gasteiger partial charge is 0.435 e. The van der Waals surface area contributed by atoms with Gasteiger partial charge in [0, 0.05) is 33.0 Å². The van der Waals surface area contributed by atoms with Crippen molar-refractivity contribution in [2.45, 2.75) is 0 Å². The first-order chi connectivity index (χ1) is 30.2. The lowest BCUT2D eigenvalue weighted by molar-refractivity contribution is 0.623. The van der Waals surface area contributed by atoms with Gasteiger partial charge in [-0.05, 0) is 91.0 Å². The highest BCUT2D eigenvalue weighted by atomic mass is 16.3. The van der Waals surface area contributed by atoms with Crippen LogP contribution >= 0.6 is 0 Å². The Kier molecular flexibility index (Phi) is 8.10. The number of rotatable bonds is 6. The fourth-order valence-electron chi connectivity index (χ4n) is 8.58. The molecule has 0 amide bonds. The molecular formula is C56H34N4O. The van der Waals surface area contributed by atoms with Crippen LogP contribution in [0.25, 0.3) is 122 Å². The Labute approximate surface area is 351 Å². The molecule has 0 atom stereocenters. The molecule has 2 aromatic heterocycles. The normalized spacial score (nSPS) is 11.6. The number of fused-ring (bicyclic) bond motifs is 8. The zero-order chi connectivity index (χ0) is 40.3. The van der Waals surface area contributed by atoms with Gasteiger partial charge in [0.15, 0.2) is 23.1 Å². The number of oxazole rings is 1. The minimum atomic E-state index is 0.599. The Morgan fingerprint density at radius 3 is 1.36 bits per heavy atom. The molecule has 2 heterocycles. The number of benzene rings is 10. The van der Waals surface area contributed by atoms with Gasteiger partial charge in [-0.15, -0.1) is 0 Å². The molecule has 0 aliphatic rings. The molecular weight excluding hydrogens is 745 g/mol. The quantitative estimate of drug-likeness (QED) is 0.157. The highest BCUT2D eigenvalue weighted by Gasteiger charge is 2.18. The first-order valence-corrected chi connectivity index (χ1v) is 20.4. The van der Waals surface area contributed by atoms with Crippen molar-refractivity contribution in [1.29, 1.82) is 0 Å². The van der Waals surface area contributed by atoms with Crippen LogP contribution < -0.4 is 0 Å². The Hall–Kier alpha value is -8.28. The summed E-state index contributed by atoms with van der Waals surface area (Å²) in [5.41, 5.74) is 9.94. The lowest BCUT2D eigenvalue weighted by Crippen LogP contribution is -2.00. The molecule has 0 radical (unpaired) electrons. The van der Waals surface area contributed by atoms with E-state index in [4.69, 9.17) is 24.4 Å². The second-order valence-corrected chi connectivity index (χ2v) is 15.5. The van der Waals surface area contributed by atoms with E-state index in [1.54, 1.807) is 0 Å². The van der Waals surface area contributed by atoms with Gasteiger partial charge in [0.2, 0.25) is 5.89 Å². The third-order valence-electron chi connectivity index (χ3n) is 11.7. The van der Waals surface area contributed by atoms with Crippen molar-refractivity contribution in [1.82, 2.24) is 19.9 Å². The van der Waals surface area contributed by atoms with E-state index in [-0.39, 0.29) is 0 Å². The van der Waals surface area contributed by atoms with Crippen molar-refractivity contribution in [3.8, 4) is 67.9 Å². The molecule has 0 saturated carbocycles. The van der Waals surface area contributed by atoms with Crippen LogP contribution in [0.15, 0.2) is 211 Å². The van der Waals surface area contributed by atoms with Crippen LogP contribution in [0.5, 0.6) is 0 Å². The monoisotopic (exact) mass is 778 g/mol. The molecule has 0 unspecified atom stereocenters. The van der Waals surface area contributed by atoms with Crippen molar-refractivity contribution in [3.05, 3.63) is 206 Å². The van der Waals surface area contributed by atoms with Crippen molar-refractivity contribution in [2.75, 3.05) is 0 Å². The fraction of sp³-hybridized carbons (Fsp3) is 0. The maximum atomic E-state index is 6.62. The average Bonchev–Trinajstić information content (AvgIpc) is 3.79. The van der Waals surface area contributed by atoms with Gasteiger partial charge in [0.25, 0.3) is 0 Å². The molecule has 0 fully saturated rings. The van der Waals surface area contributed by atoms with Crippen molar-refractivity contribution < 1.29 is 4.42 Å². The van der Waals surface area contributed by atoms with E-state index in [0.29, 0.717) is 23.4 Å². The maximum absolute atomic E-state index is 6.62. The van der Waals surface area contributed by atoms with Crippen molar-refractivity contribution in [2.24, 2.45) is 0 Å². The zero-order valence-corrected chi connectivity index (χ0v) is 32.8. The minimum Gasteiger partial charge on any atom is -0.435 e. The third kappa shape index (κ3) is 6.19. The predicted molar refractivity (Wildman–Crippen MR) is 250 cm³/mol. The Morgan fingerprint density at radius 1 is 0.279 bits per heavy atom. The Balaban J connectivity index is 1.04. The molecule has 12 rings (SSSR count). The van der Waals surface area contributed by atoms with Gasteiger partial charge in [-0.2, -0.15) is 0 Å². The van der Waals surface area contributed by atoms with E-state index in [9.17, 15) is 0 Å². The molecule has 0 aliphatic carbocycles. The van der Waals surface area contributed by atoms with Crippen LogP contribution in [-0.4, -0.2) is 19.9 Å². The van der Waals surface area contributed by atoms with Gasteiger partial charge in [-0.3, -0.25) is 0 Å². The van der Waals surface area contributed by atoms with Crippen LogP contribution in [0, 0.1) is 0 Å². The topological polar surface area (TPSA) is 64.7 Å². The lowest BCUT2D eigenvalue weighted by Gasteiger charge is -2.12. The molecule has 0 saturated heterocycles. The first-order valence-electron chi connectivity index (χ1n) is 20.4. The Bertz CT molecular complexity index is 3620. The van der Waals surface area contributed by atoms with E-state index in [1.165, 1.54) is 11.1 Å². The molecule has 61 heavy (non-hydrogen) atoms. The molecule has 10 aromatic carbocycles. The number of hydrogen-bond donors (Lipinski definition) is 0. The summed E-state index contributed by atoms with van der Waals surface area (Å²) in [6.07, 6.45) is 0. The number of aromatic nitrogens is 4. The zero-order valence-electron chi connectivity index (χ0n) is 32.8. The highest BCUT2D eigenvalue weighted by Crippen LogP contribution is 2.40. The standard InChI is InChI=1S/C56H34N4O/c1-4-10-35(11-5-1)37-16-23-41(24-17-37)53-58-54(46-29-27-44-32-43(25-26-45(44)33-46)36-12-6-2-7-13-36)60-55(59-53)47-28-19-38-18-20-39-21-22-40-30-31-49-52(51(40)50(39)48(38)34-47)61-56(57-49)42-14-8-3-9-15-42/h1-34H. The van der Waals surface area contributed by atoms with Gasteiger partial charge >= 0.3 is 0 Å². The molecule has 12 aromatic rings. The highest BCUT2D eigenvalue weighted by molar-refractivity contribution is 6.26. The summed E-state index contributed by atoms with van der Waals surface area (Å²) >= 11 is 0. The summed E-state index contributed by atoms with van der Waals surface area (Å²) in [6, 6.07) is 71.9. The SMILES string of the molecule is c1ccc(-c2ccc(-c3nc(-c4ccc5cc(-c6ccccc6)ccc5c4)nc(-c4ccc5ccc6ccc7ccc8nc(-c9ccccc9)oc8c7c6c5c4)n3)cc2)cc1. The smallest absolute Gasteiger partial charge is 0.227 e.